The summed E-state index contributed by atoms with van der Waals surface area (Å²) in [6.45, 7) is 1.63. The standard InChI is InChI=1S/C13H18N4O/c1-15-8-5-13(18)17(9-3-6-14)11-12-4-2-7-16-10-12/h2,4,7,10,15H,3,5,8-9,11H2,1H3. The Kier molecular flexibility index (Phi) is 6.44. The van der Waals surface area contributed by atoms with Crippen LogP contribution in [0.1, 0.15) is 18.4 Å². The third-order valence-corrected chi connectivity index (χ3v) is 2.53. The highest BCUT2D eigenvalue weighted by Gasteiger charge is 2.13. The van der Waals surface area contributed by atoms with Gasteiger partial charge >= 0.3 is 0 Å². The average Bonchev–Trinajstić information content (AvgIpc) is 2.42. The smallest absolute Gasteiger partial charge is 0.224 e. The minimum absolute atomic E-state index is 0.0588. The van der Waals surface area contributed by atoms with Gasteiger partial charge in [0.05, 0.1) is 12.5 Å². The number of hydrogen-bond acceptors (Lipinski definition) is 4. The van der Waals surface area contributed by atoms with E-state index in [1.165, 1.54) is 0 Å². The minimum atomic E-state index is 0.0588. The zero-order valence-electron chi connectivity index (χ0n) is 10.6. The molecule has 0 aliphatic carbocycles. The number of nitriles is 1. The number of nitrogens with one attached hydrogen (secondary N) is 1. The molecule has 0 saturated carbocycles. The summed E-state index contributed by atoms with van der Waals surface area (Å²) in [6.07, 6.45) is 4.24. The van der Waals surface area contributed by atoms with Crippen LogP contribution in [0.5, 0.6) is 0 Å². The van der Waals surface area contributed by atoms with Crippen molar-refractivity contribution < 1.29 is 4.79 Å². The van der Waals surface area contributed by atoms with Crippen LogP contribution in [0.4, 0.5) is 0 Å². The Morgan fingerprint density at radius 2 is 2.44 bits per heavy atom. The van der Waals surface area contributed by atoms with Gasteiger partial charge in [-0.3, -0.25) is 9.78 Å². The molecule has 0 bridgehead atoms. The van der Waals surface area contributed by atoms with E-state index in [1.807, 2.05) is 19.2 Å². The second-order valence-corrected chi connectivity index (χ2v) is 3.94. The van der Waals surface area contributed by atoms with Crippen LogP contribution >= 0.6 is 0 Å². The SMILES string of the molecule is CNCCC(=O)N(CCC#N)Cc1cccnc1. The van der Waals surface area contributed by atoms with Gasteiger partial charge in [0.1, 0.15) is 0 Å². The van der Waals surface area contributed by atoms with Crippen molar-refractivity contribution in [2.45, 2.75) is 19.4 Å². The van der Waals surface area contributed by atoms with Crippen molar-refractivity contribution in [3.8, 4) is 6.07 Å². The number of nitrogens with zero attached hydrogens (tertiary/aromatic N) is 3. The second-order valence-electron chi connectivity index (χ2n) is 3.94. The third kappa shape index (κ3) is 4.93. The predicted molar refractivity (Wildman–Crippen MR) is 68.4 cm³/mol. The van der Waals surface area contributed by atoms with Gasteiger partial charge in [-0.1, -0.05) is 6.07 Å². The highest BCUT2D eigenvalue weighted by Crippen LogP contribution is 2.05. The fourth-order valence-electron chi connectivity index (χ4n) is 1.58. The Hall–Kier alpha value is -1.93. The van der Waals surface area contributed by atoms with Crippen molar-refractivity contribution in [3.63, 3.8) is 0 Å². The van der Waals surface area contributed by atoms with Crippen LogP contribution in [-0.4, -0.2) is 35.9 Å². The van der Waals surface area contributed by atoms with Crippen molar-refractivity contribution in [2.75, 3.05) is 20.1 Å². The summed E-state index contributed by atoms with van der Waals surface area (Å²) >= 11 is 0. The van der Waals surface area contributed by atoms with Crippen molar-refractivity contribution >= 4 is 5.91 Å². The largest absolute Gasteiger partial charge is 0.337 e. The lowest BCUT2D eigenvalue weighted by molar-refractivity contribution is -0.131. The van der Waals surface area contributed by atoms with Crippen LogP contribution in [0.15, 0.2) is 24.5 Å². The first-order valence-electron chi connectivity index (χ1n) is 5.96. The molecule has 0 aliphatic rings. The van der Waals surface area contributed by atoms with E-state index in [4.69, 9.17) is 5.26 Å². The molecule has 1 N–H and O–H groups in total. The number of hydrogen-bond donors (Lipinski definition) is 1. The molecule has 1 rings (SSSR count). The topological polar surface area (TPSA) is 69.0 Å². The summed E-state index contributed by atoms with van der Waals surface area (Å²) in [4.78, 5) is 17.7. The van der Waals surface area contributed by atoms with E-state index in [9.17, 15) is 4.79 Å². The van der Waals surface area contributed by atoms with Gasteiger partial charge in [0.25, 0.3) is 0 Å². The number of carbonyl (C=O) groups is 1. The van der Waals surface area contributed by atoms with Crippen LogP contribution in [-0.2, 0) is 11.3 Å². The van der Waals surface area contributed by atoms with Gasteiger partial charge in [0.2, 0.25) is 5.91 Å². The van der Waals surface area contributed by atoms with Gasteiger partial charge in [-0.15, -0.1) is 0 Å². The lowest BCUT2D eigenvalue weighted by Gasteiger charge is -2.21. The summed E-state index contributed by atoms with van der Waals surface area (Å²) in [5.74, 6) is 0.0588. The minimum Gasteiger partial charge on any atom is -0.337 e. The Bertz CT molecular complexity index is 399. The van der Waals surface area contributed by atoms with E-state index >= 15 is 0 Å². The van der Waals surface area contributed by atoms with E-state index in [0.29, 0.717) is 32.5 Å². The molecule has 0 aromatic carbocycles. The van der Waals surface area contributed by atoms with Crippen molar-refractivity contribution in [1.82, 2.24) is 15.2 Å². The average molecular weight is 246 g/mol. The highest BCUT2D eigenvalue weighted by molar-refractivity contribution is 5.76. The van der Waals surface area contributed by atoms with Crippen molar-refractivity contribution in [2.24, 2.45) is 0 Å². The molecule has 0 saturated heterocycles. The quantitative estimate of drug-likeness (QED) is 0.777. The molecule has 0 atom stereocenters. The zero-order valence-corrected chi connectivity index (χ0v) is 10.6. The molecule has 0 spiro atoms. The van der Waals surface area contributed by atoms with E-state index in [0.717, 1.165) is 5.56 Å². The lowest BCUT2D eigenvalue weighted by atomic mass is 10.2. The molecular formula is C13H18N4O. The van der Waals surface area contributed by atoms with Gasteiger partial charge in [0.15, 0.2) is 0 Å². The molecular weight excluding hydrogens is 228 g/mol. The lowest BCUT2D eigenvalue weighted by Crippen LogP contribution is -2.33. The molecule has 0 unspecified atom stereocenters. The molecule has 18 heavy (non-hydrogen) atoms. The van der Waals surface area contributed by atoms with Crippen LogP contribution < -0.4 is 5.32 Å². The summed E-state index contributed by atoms with van der Waals surface area (Å²) in [7, 11) is 1.81. The number of pyridine rings is 1. The fourth-order valence-corrected chi connectivity index (χ4v) is 1.58. The van der Waals surface area contributed by atoms with E-state index in [1.54, 1.807) is 17.3 Å². The summed E-state index contributed by atoms with van der Waals surface area (Å²) < 4.78 is 0. The summed E-state index contributed by atoms with van der Waals surface area (Å²) in [5, 5.41) is 11.6. The Labute approximate surface area is 107 Å². The molecule has 0 aliphatic heterocycles. The third-order valence-electron chi connectivity index (χ3n) is 2.53. The molecule has 5 nitrogen and oxygen atoms in total. The Morgan fingerprint density at radius 1 is 1.61 bits per heavy atom. The zero-order chi connectivity index (χ0) is 13.2. The maximum atomic E-state index is 12.0. The molecule has 1 aromatic heterocycles. The van der Waals surface area contributed by atoms with Crippen LogP contribution in [0.2, 0.25) is 0 Å². The molecule has 0 radical (unpaired) electrons. The van der Waals surface area contributed by atoms with Crippen LogP contribution in [0, 0.1) is 11.3 Å². The summed E-state index contributed by atoms with van der Waals surface area (Å²) in [6, 6.07) is 5.84. The van der Waals surface area contributed by atoms with Crippen LogP contribution in [0.25, 0.3) is 0 Å². The highest BCUT2D eigenvalue weighted by atomic mass is 16.2. The van der Waals surface area contributed by atoms with E-state index in [-0.39, 0.29) is 5.91 Å². The maximum absolute atomic E-state index is 12.0. The van der Waals surface area contributed by atoms with Gasteiger partial charge in [-0.2, -0.15) is 5.26 Å². The normalized spacial score (nSPS) is 9.78. The molecule has 1 heterocycles. The first-order chi connectivity index (χ1) is 8.77. The van der Waals surface area contributed by atoms with E-state index in [2.05, 4.69) is 16.4 Å². The number of rotatable bonds is 7. The first kappa shape index (κ1) is 14.1. The Morgan fingerprint density at radius 3 is 3.06 bits per heavy atom. The van der Waals surface area contributed by atoms with Gasteiger partial charge in [-0.25, -0.2) is 0 Å². The maximum Gasteiger partial charge on any atom is 0.224 e. The molecule has 1 aromatic rings. The number of amides is 1. The van der Waals surface area contributed by atoms with Crippen LogP contribution in [0.3, 0.4) is 0 Å². The molecule has 5 heteroatoms. The van der Waals surface area contributed by atoms with Gasteiger partial charge < -0.3 is 10.2 Å². The van der Waals surface area contributed by atoms with Gasteiger partial charge in [-0.05, 0) is 18.7 Å². The predicted octanol–water partition coefficient (Wildman–Crippen LogP) is 0.933. The summed E-state index contributed by atoms with van der Waals surface area (Å²) in [5.41, 5.74) is 0.980. The van der Waals surface area contributed by atoms with Crippen molar-refractivity contribution in [1.29, 1.82) is 5.26 Å². The number of aromatic nitrogens is 1. The van der Waals surface area contributed by atoms with Gasteiger partial charge in [0, 0.05) is 38.4 Å². The van der Waals surface area contributed by atoms with Crippen molar-refractivity contribution in [3.05, 3.63) is 30.1 Å². The second kappa shape index (κ2) is 8.20. The van der Waals surface area contributed by atoms with E-state index < -0.39 is 0 Å². The Balaban J connectivity index is 2.60. The molecule has 1 amide bonds. The fraction of sp³-hybridized carbons (Fsp3) is 0.462. The molecule has 0 fully saturated rings. The number of carbonyl (C=O) groups excluding carboxylic acids is 1. The molecule has 96 valence electrons. The first-order valence-corrected chi connectivity index (χ1v) is 5.96. The monoisotopic (exact) mass is 246 g/mol.